The zero-order chi connectivity index (χ0) is 5.11. The molecule has 0 aromatic heterocycles. The van der Waals surface area contributed by atoms with E-state index in [0.717, 1.165) is 13.2 Å². The molecule has 0 spiro atoms. The van der Waals surface area contributed by atoms with Crippen LogP contribution in [0.4, 0.5) is 0 Å². The summed E-state index contributed by atoms with van der Waals surface area (Å²) in [5.74, 6) is 0. The smallest absolute Gasteiger partial charge is 0.144 e. The second-order valence-electron chi connectivity index (χ2n) is 1.50. The molecule has 1 rings (SSSR count). The Bertz CT molecular complexity index is 53.7. The molecule has 42 valence electrons. The Balaban J connectivity index is 1.80. The molecule has 0 amide bonds. The molecule has 2 N–H and O–H groups in total. The molecule has 0 bridgehead atoms. The summed E-state index contributed by atoms with van der Waals surface area (Å²) in [4.78, 5) is 0. The summed E-state index contributed by atoms with van der Waals surface area (Å²) < 4.78 is 4.84. The highest BCUT2D eigenvalue weighted by Gasteiger charge is 2.20. The predicted octanol–water partition coefficient (Wildman–Crippen LogP) is -0.543. The van der Waals surface area contributed by atoms with Crippen LogP contribution in [0.3, 0.4) is 0 Å². The van der Waals surface area contributed by atoms with Crippen LogP contribution in [0.5, 0.6) is 0 Å². The number of hydrogen-bond acceptors (Lipinski definition) is 3. The van der Waals surface area contributed by atoms with Crippen LogP contribution in [0, 0.1) is 0 Å². The molecule has 1 aliphatic heterocycles. The Kier molecular flexibility index (Phi) is 1.62. The van der Waals surface area contributed by atoms with E-state index < -0.39 is 0 Å². The van der Waals surface area contributed by atoms with Crippen LogP contribution in [0.15, 0.2) is 0 Å². The average Bonchev–Trinajstić information content (AvgIpc) is 2.42. The number of nitrogens with one attached hydrogen (secondary N) is 2. The van der Waals surface area contributed by atoms with Crippen molar-refractivity contribution in [3.05, 3.63) is 0 Å². The van der Waals surface area contributed by atoms with Crippen molar-refractivity contribution in [2.24, 2.45) is 0 Å². The molecule has 0 aromatic carbocycles. The molecule has 7 heavy (non-hydrogen) atoms. The lowest BCUT2D eigenvalue weighted by molar-refractivity contribution is 0.342. The van der Waals surface area contributed by atoms with Gasteiger partial charge in [0.2, 0.25) is 0 Å². The fourth-order valence-electron chi connectivity index (χ4n) is 0.347. The Morgan fingerprint density at radius 2 is 2.57 bits per heavy atom. The molecule has 1 saturated heterocycles. The number of hydrazine groups is 1. The number of rotatable bonds is 3. The first-order valence-corrected chi connectivity index (χ1v) is 2.53. The van der Waals surface area contributed by atoms with E-state index in [1.54, 1.807) is 0 Å². The van der Waals surface area contributed by atoms with E-state index in [1.165, 1.54) is 0 Å². The second kappa shape index (κ2) is 2.26. The van der Waals surface area contributed by atoms with Gasteiger partial charge in [-0.2, -0.15) is 0 Å². The Morgan fingerprint density at radius 1 is 1.86 bits per heavy atom. The van der Waals surface area contributed by atoms with Gasteiger partial charge in [0.25, 0.3) is 0 Å². The molecule has 1 heterocycles. The van der Waals surface area contributed by atoms with Crippen molar-refractivity contribution in [3.8, 4) is 0 Å². The summed E-state index contributed by atoms with van der Waals surface area (Å²) in [6.45, 7) is 3.84. The Morgan fingerprint density at radius 3 is 3.00 bits per heavy atom. The molecule has 1 fully saturated rings. The van der Waals surface area contributed by atoms with E-state index in [4.69, 9.17) is 4.74 Å². The lowest BCUT2D eigenvalue weighted by atomic mass is 10.8. The van der Waals surface area contributed by atoms with Gasteiger partial charge in [-0.1, -0.05) is 6.92 Å². The van der Waals surface area contributed by atoms with E-state index in [2.05, 4.69) is 10.9 Å². The molecule has 0 saturated carbocycles. The monoisotopic (exact) mass is 102 g/mol. The van der Waals surface area contributed by atoms with Crippen LogP contribution in [-0.2, 0) is 4.74 Å². The van der Waals surface area contributed by atoms with Gasteiger partial charge in [0.1, 0.15) is 6.23 Å². The summed E-state index contributed by atoms with van der Waals surface area (Å²) in [6, 6.07) is 0. The number of epoxide rings is 1. The van der Waals surface area contributed by atoms with Crippen molar-refractivity contribution in [1.29, 1.82) is 0 Å². The van der Waals surface area contributed by atoms with Gasteiger partial charge in [0, 0.05) is 6.54 Å². The number of hydrogen-bond donors (Lipinski definition) is 2. The molecule has 0 aliphatic carbocycles. The summed E-state index contributed by atoms with van der Waals surface area (Å²) in [5, 5.41) is 0. The minimum atomic E-state index is 0.292. The minimum absolute atomic E-state index is 0.292. The molecule has 1 aliphatic rings. The third-order valence-electron chi connectivity index (χ3n) is 0.773. The summed E-state index contributed by atoms with van der Waals surface area (Å²) >= 11 is 0. The van der Waals surface area contributed by atoms with Gasteiger partial charge < -0.3 is 4.74 Å². The quantitative estimate of drug-likeness (QED) is 0.371. The fraction of sp³-hybridized carbons (Fsp3) is 1.00. The maximum Gasteiger partial charge on any atom is 0.144 e. The lowest BCUT2D eigenvalue weighted by Crippen LogP contribution is -2.33. The van der Waals surface area contributed by atoms with Crippen molar-refractivity contribution in [2.45, 2.75) is 13.2 Å². The molecule has 1 atom stereocenters. The van der Waals surface area contributed by atoms with Crippen LogP contribution < -0.4 is 10.9 Å². The van der Waals surface area contributed by atoms with Crippen molar-refractivity contribution >= 4 is 0 Å². The second-order valence-corrected chi connectivity index (χ2v) is 1.50. The van der Waals surface area contributed by atoms with E-state index in [-0.39, 0.29) is 0 Å². The first kappa shape index (κ1) is 5.03. The van der Waals surface area contributed by atoms with Gasteiger partial charge in [0.15, 0.2) is 0 Å². The van der Waals surface area contributed by atoms with Gasteiger partial charge in [-0.15, -0.1) is 0 Å². The van der Waals surface area contributed by atoms with Crippen molar-refractivity contribution in [1.82, 2.24) is 10.9 Å². The Hall–Kier alpha value is -0.120. The van der Waals surface area contributed by atoms with Gasteiger partial charge in [0.05, 0.1) is 6.61 Å². The third-order valence-corrected chi connectivity index (χ3v) is 0.773. The maximum absolute atomic E-state index is 4.84. The minimum Gasteiger partial charge on any atom is -0.355 e. The Labute approximate surface area is 43.0 Å². The SMILES string of the molecule is CCNNC1CO1. The van der Waals surface area contributed by atoms with Gasteiger partial charge in [-0.05, 0) is 0 Å². The molecule has 3 nitrogen and oxygen atoms in total. The summed E-state index contributed by atoms with van der Waals surface area (Å²) in [5.41, 5.74) is 5.87. The van der Waals surface area contributed by atoms with Gasteiger partial charge >= 0.3 is 0 Å². The first-order valence-electron chi connectivity index (χ1n) is 2.53. The summed E-state index contributed by atoms with van der Waals surface area (Å²) in [6.07, 6.45) is 0.292. The highest BCUT2D eigenvalue weighted by atomic mass is 16.6. The highest BCUT2D eigenvalue weighted by molar-refractivity contribution is 4.61. The van der Waals surface area contributed by atoms with Crippen LogP contribution in [-0.4, -0.2) is 19.4 Å². The molecule has 0 aromatic rings. The van der Waals surface area contributed by atoms with E-state index >= 15 is 0 Å². The van der Waals surface area contributed by atoms with Crippen molar-refractivity contribution in [3.63, 3.8) is 0 Å². The number of ether oxygens (including phenoxy) is 1. The first-order chi connectivity index (χ1) is 3.43. The zero-order valence-electron chi connectivity index (χ0n) is 4.40. The maximum atomic E-state index is 4.84. The largest absolute Gasteiger partial charge is 0.355 e. The zero-order valence-corrected chi connectivity index (χ0v) is 4.40. The van der Waals surface area contributed by atoms with Gasteiger partial charge in [-0.25, -0.2) is 5.43 Å². The van der Waals surface area contributed by atoms with Crippen LogP contribution in [0.25, 0.3) is 0 Å². The molecule has 0 radical (unpaired) electrons. The molecule has 3 heteroatoms. The molecular formula is C4H10N2O. The van der Waals surface area contributed by atoms with Crippen molar-refractivity contribution < 1.29 is 4.74 Å². The van der Waals surface area contributed by atoms with Crippen LogP contribution >= 0.6 is 0 Å². The van der Waals surface area contributed by atoms with Crippen molar-refractivity contribution in [2.75, 3.05) is 13.2 Å². The lowest BCUT2D eigenvalue weighted by Gasteiger charge is -1.95. The average molecular weight is 102 g/mol. The highest BCUT2D eigenvalue weighted by Crippen LogP contribution is 2.00. The normalized spacial score (nSPS) is 27.9. The van der Waals surface area contributed by atoms with E-state index in [9.17, 15) is 0 Å². The fourth-order valence-corrected chi connectivity index (χ4v) is 0.347. The van der Waals surface area contributed by atoms with E-state index in [1.807, 2.05) is 6.92 Å². The van der Waals surface area contributed by atoms with Crippen LogP contribution in [0.1, 0.15) is 6.92 Å². The van der Waals surface area contributed by atoms with E-state index in [0.29, 0.717) is 6.23 Å². The third kappa shape index (κ3) is 1.87. The topological polar surface area (TPSA) is 36.6 Å². The van der Waals surface area contributed by atoms with Crippen LogP contribution in [0.2, 0.25) is 0 Å². The standard InChI is InChI=1S/C4H10N2O/c1-2-5-6-4-3-7-4/h4-6H,2-3H2,1H3. The van der Waals surface area contributed by atoms with Gasteiger partial charge in [-0.3, -0.25) is 5.43 Å². The molecule has 1 unspecified atom stereocenters. The summed E-state index contributed by atoms with van der Waals surface area (Å²) in [7, 11) is 0. The molecular weight excluding hydrogens is 92.1 g/mol. The predicted molar refractivity (Wildman–Crippen MR) is 26.6 cm³/mol.